The van der Waals surface area contributed by atoms with Gasteiger partial charge in [0.2, 0.25) is 5.95 Å². The first-order valence-corrected chi connectivity index (χ1v) is 7.73. The first-order valence-electron chi connectivity index (χ1n) is 6.93. The van der Waals surface area contributed by atoms with Gasteiger partial charge in [0.25, 0.3) is 0 Å². The van der Waals surface area contributed by atoms with Crippen LogP contribution in [0.1, 0.15) is 11.3 Å². The fraction of sp³-hybridized carbons (Fsp3) is 0.0588. The quantitative estimate of drug-likeness (QED) is 0.548. The van der Waals surface area contributed by atoms with Crippen molar-refractivity contribution in [3.05, 3.63) is 58.2 Å². The summed E-state index contributed by atoms with van der Waals surface area (Å²) in [5.74, 6) is 0.678. The zero-order valence-corrected chi connectivity index (χ0v) is 13.3. The minimum Gasteiger partial charge on any atom is -0.383 e. The first kappa shape index (κ1) is 13.3. The SMILES string of the molecule is Nc1nc(N)c2c(n1)Cc1cccc(-c3cccc(Br)c3)c1-2. The largest absolute Gasteiger partial charge is 0.383 e. The molecule has 1 heterocycles. The summed E-state index contributed by atoms with van der Waals surface area (Å²) in [5, 5.41) is 0. The monoisotopic (exact) mass is 352 g/mol. The molecule has 0 radical (unpaired) electrons. The Bertz CT molecular complexity index is 905. The molecule has 0 saturated heterocycles. The van der Waals surface area contributed by atoms with E-state index in [2.05, 4.69) is 56.2 Å². The number of hydrogen-bond acceptors (Lipinski definition) is 4. The molecule has 22 heavy (non-hydrogen) atoms. The Morgan fingerprint density at radius 1 is 0.955 bits per heavy atom. The third kappa shape index (κ3) is 1.97. The van der Waals surface area contributed by atoms with Gasteiger partial charge < -0.3 is 11.5 Å². The van der Waals surface area contributed by atoms with Gasteiger partial charge in [-0.15, -0.1) is 0 Å². The van der Waals surface area contributed by atoms with Crippen molar-refractivity contribution in [2.45, 2.75) is 6.42 Å². The highest BCUT2D eigenvalue weighted by molar-refractivity contribution is 9.10. The van der Waals surface area contributed by atoms with Gasteiger partial charge in [0.15, 0.2) is 0 Å². The molecular weight excluding hydrogens is 340 g/mol. The van der Waals surface area contributed by atoms with Crippen LogP contribution in [0.3, 0.4) is 0 Å². The van der Waals surface area contributed by atoms with Crippen LogP contribution in [0.25, 0.3) is 22.3 Å². The number of hydrogen-bond donors (Lipinski definition) is 2. The molecule has 3 aromatic rings. The average Bonchev–Trinajstić information content (AvgIpc) is 2.85. The van der Waals surface area contributed by atoms with E-state index in [0.29, 0.717) is 5.82 Å². The van der Waals surface area contributed by atoms with Crippen molar-refractivity contribution in [3.63, 3.8) is 0 Å². The number of nitrogens with zero attached hydrogens (tertiary/aromatic N) is 2. The second-order valence-electron chi connectivity index (χ2n) is 5.32. The van der Waals surface area contributed by atoms with E-state index in [1.54, 1.807) is 0 Å². The van der Waals surface area contributed by atoms with E-state index >= 15 is 0 Å². The van der Waals surface area contributed by atoms with Crippen LogP contribution in [0, 0.1) is 0 Å². The van der Waals surface area contributed by atoms with Gasteiger partial charge in [-0.05, 0) is 34.4 Å². The molecule has 0 unspecified atom stereocenters. The van der Waals surface area contributed by atoms with Crippen LogP contribution in [-0.4, -0.2) is 9.97 Å². The molecule has 1 aromatic heterocycles. The van der Waals surface area contributed by atoms with Crippen molar-refractivity contribution in [1.29, 1.82) is 0 Å². The van der Waals surface area contributed by atoms with Gasteiger partial charge in [-0.2, -0.15) is 4.98 Å². The van der Waals surface area contributed by atoms with Crippen LogP contribution in [0.4, 0.5) is 11.8 Å². The van der Waals surface area contributed by atoms with Crippen LogP contribution < -0.4 is 11.5 Å². The van der Waals surface area contributed by atoms with Crippen LogP contribution in [0.2, 0.25) is 0 Å². The lowest BCUT2D eigenvalue weighted by atomic mass is 9.95. The Hall–Kier alpha value is -2.40. The lowest BCUT2D eigenvalue weighted by Crippen LogP contribution is -2.03. The van der Waals surface area contributed by atoms with Crippen molar-refractivity contribution in [2.24, 2.45) is 0 Å². The maximum Gasteiger partial charge on any atom is 0.222 e. The van der Waals surface area contributed by atoms with E-state index in [-0.39, 0.29) is 5.95 Å². The lowest BCUT2D eigenvalue weighted by molar-refractivity contribution is 1.09. The van der Waals surface area contributed by atoms with E-state index in [0.717, 1.165) is 38.8 Å². The molecular formula is C17H13BrN4. The van der Waals surface area contributed by atoms with Crippen LogP contribution in [0.15, 0.2) is 46.9 Å². The summed E-state index contributed by atoms with van der Waals surface area (Å²) < 4.78 is 1.04. The van der Waals surface area contributed by atoms with Gasteiger partial charge in [-0.25, -0.2) is 4.98 Å². The van der Waals surface area contributed by atoms with E-state index < -0.39 is 0 Å². The maximum atomic E-state index is 6.12. The molecule has 5 heteroatoms. The van der Waals surface area contributed by atoms with Crippen molar-refractivity contribution >= 4 is 27.7 Å². The van der Waals surface area contributed by atoms with Crippen LogP contribution in [0.5, 0.6) is 0 Å². The Labute approximate surface area is 136 Å². The van der Waals surface area contributed by atoms with Crippen LogP contribution >= 0.6 is 15.9 Å². The average molecular weight is 353 g/mol. The second-order valence-corrected chi connectivity index (χ2v) is 6.23. The van der Waals surface area contributed by atoms with Gasteiger partial charge in [0.1, 0.15) is 5.82 Å². The molecule has 4 rings (SSSR count). The third-order valence-electron chi connectivity index (χ3n) is 3.92. The van der Waals surface area contributed by atoms with Gasteiger partial charge in [0.05, 0.1) is 5.69 Å². The van der Waals surface area contributed by atoms with E-state index in [9.17, 15) is 0 Å². The Morgan fingerprint density at radius 3 is 2.59 bits per heavy atom. The molecule has 1 aliphatic carbocycles. The number of halogens is 1. The Balaban J connectivity index is 2.01. The number of anilines is 2. The highest BCUT2D eigenvalue weighted by Gasteiger charge is 2.26. The van der Waals surface area contributed by atoms with Crippen molar-refractivity contribution in [2.75, 3.05) is 11.5 Å². The summed E-state index contributed by atoms with van der Waals surface area (Å²) in [5.41, 5.74) is 18.3. The number of nitrogen functional groups attached to an aromatic ring is 2. The summed E-state index contributed by atoms with van der Waals surface area (Å²) >= 11 is 3.53. The highest BCUT2D eigenvalue weighted by Crippen LogP contribution is 2.44. The number of aromatic nitrogens is 2. The predicted molar refractivity (Wildman–Crippen MR) is 92.2 cm³/mol. The number of benzene rings is 2. The Kier molecular flexibility index (Phi) is 2.90. The van der Waals surface area contributed by atoms with Gasteiger partial charge in [-0.3, -0.25) is 0 Å². The summed E-state index contributed by atoms with van der Waals surface area (Å²) in [6, 6.07) is 14.5. The normalized spacial score (nSPS) is 12.0. The molecule has 0 spiro atoms. The van der Waals surface area contributed by atoms with Crippen molar-refractivity contribution < 1.29 is 0 Å². The molecule has 4 nitrogen and oxygen atoms in total. The third-order valence-corrected chi connectivity index (χ3v) is 4.42. The molecule has 0 amide bonds. The molecule has 108 valence electrons. The standard InChI is InChI=1S/C17H13BrN4/c18-11-5-1-3-9(7-11)12-6-2-4-10-8-13-15(14(10)12)16(19)22-17(20)21-13/h1-7H,8H2,(H4,19,20,21,22). The number of rotatable bonds is 1. The minimum atomic E-state index is 0.230. The predicted octanol–water partition coefficient (Wildman–Crippen LogP) is 3.64. The molecule has 1 aliphatic rings. The van der Waals surface area contributed by atoms with E-state index in [1.807, 2.05) is 12.1 Å². The molecule has 0 fully saturated rings. The summed E-state index contributed by atoms with van der Waals surface area (Å²) in [7, 11) is 0. The van der Waals surface area contributed by atoms with Crippen molar-refractivity contribution in [1.82, 2.24) is 9.97 Å². The zero-order valence-electron chi connectivity index (χ0n) is 11.7. The van der Waals surface area contributed by atoms with E-state index in [4.69, 9.17) is 11.5 Å². The molecule has 0 bridgehead atoms. The Morgan fingerprint density at radius 2 is 1.77 bits per heavy atom. The maximum absolute atomic E-state index is 6.12. The summed E-state index contributed by atoms with van der Waals surface area (Å²) in [4.78, 5) is 8.49. The van der Waals surface area contributed by atoms with Crippen LogP contribution in [-0.2, 0) is 6.42 Å². The van der Waals surface area contributed by atoms with E-state index in [1.165, 1.54) is 5.56 Å². The fourth-order valence-corrected chi connectivity index (χ4v) is 3.47. The zero-order chi connectivity index (χ0) is 15.3. The molecule has 0 saturated carbocycles. The second kappa shape index (κ2) is 4.81. The molecule has 4 N–H and O–H groups in total. The summed E-state index contributed by atoms with van der Waals surface area (Å²) in [6.45, 7) is 0. The van der Waals surface area contributed by atoms with Gasteiger partial charge in [0, 0.05) is 16.5 Å². The highest BCUT2D eigenvalue weighted by atomic mass is 79.9. The minimum absolute atomic E-state index is 0.230. The topological polar surface area (TPSA) is 77.8 Å². The number of fused-ring (bicyclic) bond motifs is 3. The number of nitrogens with two attached hydrogens (primary N) is 2. The molecule has 2 aromatic carbocycles. The smallest absolute Gasteiger partial charge is 0.222 e. The van der Waals surface area contributed by atoms with Gasteiger partial charge in [-0.1, -0.05) is 46.3 Å². The fourth-order valence-electron chi connectivity index (χ4n) is 3.07. The molecule has 0 atom stereocenters. The van der Waals surface area contributed by atoms with Crippen molar-refractivity contribution in [3.8, 4) is 22.3 Å². The summed E-state index contributed by atoms with van der Waals surface area (Å²) in [6.07, 6.45) is 0.740. The molecule has 0 aliphatic heterocycles. The lowest BCUT2D eigenvalue weighted by Gasteiger charge is -2.11. The first-order chi connectivity index (χ1) is 10.6. The van der Waals surface area contributed by atoms with Gasteiger partial charge >= 0.3 is 0 Å².